The van der Waals surface area contributed by atoms with E-state index in [2.05, 4.69) is 11.5 Å². The standard InChI is InChI=1S/C23H20ClF2N3O3/c1-2-22(30)27-8-7-17(13-27)29-10-9-28(14-29)16-4-6-21(19(24)12-16)32-23(31)18-11-15(25)3-5-20(18)26/h2-6,9-12,17H,1,7-8,13-14H2/t17-/m1/s1. The minimum Gasteiger partial charge on any atom is -0.421 e. The number of hydrogen-bond acceptors (Lipinski definition) is 5. The lowest BCUT2D eigenvalue weighted by atomic mass is 10.2. The van der Waals surface area contributed by atoms with Crippen LogP contribution in [0.2, 0.25) is 5.02 Å². The Kier molecular flexibility index (Phi) is 6.14. The summed E-state index contributed by atoms with van der Waals surface area (Å²) in [4.78, 5) is 29.9. The SMILES string of the molecule is C=CC(=O)N1CC[C@@H](N2C=CN(c3ccc(OC(=O)c4cc(F)ccc4F)c(Cl)c3)C2)C1. The van der Waals surface area contributed by atoms with E-state index in [1.165, 1.54) is 12.1 Å². The van der Waals surface area contributed by atoms with E-state index >= 15 is 0 Å². The maximum Gasteiger partial charge on any atom is 0.346 e. The number of rotatable bonds is 5. The molecule has 0 unspecified atom stereocenters. The van der Waals surface area contributed by atoms with Gasteiger partial charge in [0.05, 0.1) is 17.3 Å². The minimum atomic E-state index is -1.04. The summed E-state index contributed by atoms with van der Waals surface area (Å²) in [5.41, 5.74) is 0.256. The van der Waals surface area contributed by atoms with Crippen molar-refractivity contribution in [1.29, 1.82) is 0 Å². The van der Waals surface area contributed by atoms with E-state index < -0.39 is 23.2 Å². The Bertz CT molecular complexity index is 1110. The number of anilines is 1. The van der Waals surface area contributed by atoms with Gasteiger partial charge in [-0.3, -0.25) is 4.79 Å². The summed E-state index contributed by atoms with van der Waals surface area (Å²) in [6.07, 6.45) is 6.05. The van der Waals surface area contributed by atoms with Crippen LogP contribution in [-0.2, 0) is 4.79 Å². The van der Waals surface area contributed by atoms with Crippen molar-refractivity contribution in [3.8, 4) is 5.75 Å². The fraction of sp³-hybridized carbons (Fsp3) is 0.217. The number of benzene rings is 2. The van der Waals surface area contributed by atoms with Crippen LogP contribution in [0, 0.1) is 11.6 Å². The monoisotopic (exact) mass is 459 g/mol. The number of nitrogens with zero attached hydrogens (tertiary/aromatic N) is 3. The number of ether oxygens (including phenoxy) is 1. The lowest BCUT2D eigenvalue weighted by Gasteiger charge is -2.27. The number of hydrogen-bond donors (Lipinski definition) is 0. The molecule has 0 saturated carbocycles. The van der Waals surface area contributed by atoms with Crippen LogP contribution in [0.25, 0.3) is 0 Å². The van der Waals surface area contributed by atoms with Gasteiger partial charge in [-0.1, -0.05) is 18.2 Å². The van der Waals surface area contributed by atoms with Gasteiger partial charge in [0.15, 0.2) is 0 Å². The molecule has 166 valence electrons. The highest BCUT2D eigenvalue weighted by molar-refractivity contribution is 6.32. The first-order chi connectivity index (χ1) is 15.4. The Balaban J connectivity index is 1.40. The molecule has 2 aromatic rings. The quantitative estimate of drug-likeness (QED) is 0.381. The van der Waals surface area contributed by atoms with Gasteiger partial charge in [-0.2, -0.15) is 0 Å². The zero-order chi connectivity index (χ0) is 22.8. The van der Waals surface area contributed by atoms with Gasteiger partial charge in [-0.05, 0) is 48.9 Å². The van der Waals surface area contributed by atoms with Crippen LogP contribution in [-0.4, -0.2) is 47.5 Å². The second-order valence-electron chi connectivity index (χ2n) is 7.48. The molecule has 9 heteroatoms. The van der Waals surface area contributed by atoms with Crippen LogP contribution in [0.5, 0.6) is 5.75 Å². The molecule has 0 radical (unpaired) electrons. The van der Waals surface area contributed by atoms with Gasteiger partial charge < -0.3 is 19.4 Å². The van der Waals surface area contributed by atoms with Crippen molar-refractivity contribution in [2.75, 3.05) is 24.7 Å². The highest BCUT2D eigenvalue weighted by Crippen LogP contribution is 2.32. The predicted molar refractivity (Wildman–Crippen MR) is 116 cm³/mol. The lowest BCUT2D eigenvalue weighted by molar-refractivity contribution is -0.125. The van der Waals surface area contributed by atoms with Gasteiger partial charge >= 0.3 is 5.97 Å². The minimum absolute atomic E-state index is 0.0403. The van der Waals surface area contributed by atoms with Gasteiger partial charge in [-0.15, -0.1) is 0 Å². The second kappa shape index (κ2) is 9.00. The molecular weight excluding hydrogens is 440 g/mol. The molecule has 0 aliphatic carbocycles. The number of esters is 1. The van der Waals surface area contributed by atoms with Crippen LogP contribution in [0.15, 0.2) is 61.5 Å². The molecule has 32 heavy (non-hydrogen) atoms. The highest BCUT2D eigenvalue weighted by atomic mass is 35.5. The number of halogens is 3. The molecule has 2 aromatic carbocycles. The molecule has 0 spiro atoms. The van der Waals surface area contributed by atoms with Crippen molar-refractivity contribution in [2.45, 2.75) is 12.5 Å². The van der Waals surface area contributed by atoms with E-state index in [1.54, 1.807) is 17.0 Å². The third-order valence-corrected chi connectivity index (χ3v) is 5.77. The van der Waals surface area contributed by atoms with Crippen molar-refractivity contribution in [2.24, 2.45) is 0 Å². The summed E-state index contributed by atoms with van der Waals surface area (Å²) < 4.78 is 32.3. The Morgan fingerprint density at radius 2 is 1.97 bits per heavy atom. The van der Waals surface area contributed by atoms with Crippen molar-refractivity contribution in [3.63, 3.8) is 0 Å². The topological polar surface area (TPSA) is 53.1 Å². The summed E-state index contributed by atoms with van der Waals surface area (Å²) in [6, 6.07) is 7.60. The average Bonchev–Trinajstić information content (AvgIpc) is 3.46. The first-order valence-corrected chi connectivity index (χ1v) is 10.3. The van der Waals surface area contributed by atoms with Gasteiger partial charge in [0.25, 0.3) is 0 Å². The fourth-order valence-corrected chi connectivity index (χ4v) is 3.96. The van der Waals surface area contributed by atoms with Crippen LogP contribution in [0.3, 0.4) is 0 Å². The number of carbonyl (C=O) groups excluding carboxylic acids is 2. The Hall–Kier alpha value is -3.39. The normalized spacial score (nSPS) is 17.7. The van der Waals surface area contributed by atoms with Crippen LogP contribution in [0.4, 0.5) is 14.5 Å². The molecule has 4 rings (SSSR count). The summed E-state index contributed by atoms with van der Waals surface area (Å²) in [6.45, 7) is 5.43. The molecule has 0 bridgehead atoms. The lowest BCUT2D eigenvalue weighted by Crippen LogP contribution is -2.37. The molecule has 0 N–H and O–H groups in total. The van der Waals surface area contributed by atoms with Gasteiger partial charge in [-0.25, -0.2) is 13.6 Å². The maximum absolute atomic E-state index is 13.8. The molecule has 2 aliphatic heterocycles. The molecular formula is C23H20ClF2N3O3. The Morgan fingerprint density at radius 3 is 2.72 bits per heavy atom. The first kappa shape index (κ1) is 21.8. The number of carbonyl (C=O) groups is 2. The summed E-state index contributed by atoms with van der Waals surface area (Å²) in [5.74, 6) is -2.69. The molecule has 2 heterocycles. The highest BCUT2D eigenvalue weighted by Gasteiger charge is 2.30. The van der Waals surface area contributed by atoms with Crippen molar-refractivity contribution < 1.29 is 23.1 Å². The van der Waals surface area contributed by atoms with E-state index in [0.717, 1.165) is 30.3 Å². The largest absolute Gasteiger partial charge is 0.421 e. The van der Waals surface area contributed by atoms with Gasteiger partial charge in [0, 0.05) is 37.2 Å². The summed E-state index contributed by atoms with van der Waals surface area (Å²) in [5, 5.41) is 0.156. The van der Waals surface area contributed by atoms with E-state index in [1.807, 2.05) is 17.3 Å². The zero-order valence-corrected chi connectivity index (χ0v) is 17.8. The molecule has 1 saturated heterocycles. The smallest absolute Gasteiger partial charge is 0.346 e. The van der Waals surface area contributed by atoms with E-state index in [0.29, 0.717) is 19.8 Å². The average molecular weight is 460 g/mol. The maximum atomic E-state index is 13.8. The fourth-order valence-electron chi connectivity index (χ4n) is 3.74. The van der Waals surface area contributed by atoms with Crippen molar-refractivity contribution in [3.05, 3.63) is 83.7 Å². The van der Waals surface area contributed by atoms with Crippen LogP contribution >= 0.6 is 11.6 Å². The molecule has 1 atom stereocenters. The molecule has 2 aliphatic rings. The number of likely N-dealkylation sites (tertiary alicyclic amines) is 1. The molecule has 6 nitrogen and oxygen atoms in total. The zero-order valence-electron chi connectivity index (χ0n) is 17.0. The van der Waals surface area contributed by atoms with E-state index in [-0.39, 0.29) is 22.7 Å². The van der Waals surface area contributed by atoms with E-state index in [4.69, 9.17) is 16.3 Å². The molecule has 1 fully saturated rings. The van der Waals surface area contributed by atoms with Crippen molar-refractivity contribution in [1.82, 2.24) is 9.80 Å². The number of amides is 1. The van der Waals surface area contributed by atoms with Crippen LogP contribution < -0.4 is 9.64 Å². The third-order valence-electron chi connectivity index (χ3n) is 5.47. The second-order valence-corrected chi connectivity index (χ2v) is 7.89. The predicted octanol–water partition coefficient (Wildman–Crippen LogP) is 4.18. The van der Waals surface area contributed by atoms with Gasteiger partial charge in [0.2, 0.25) is 5.91 Å². The first-order valence-electron chi connectivity index (χ1n) is 9.94. The third kappa shape index (κ3) is 4.45. The summed E-state index contributed by atoms with van der Waals surface area (Å²) in [7, 11) is 0. The summed E-state index contributed by atoms with van der Waals surface area (Å²) >= 11 is 6.28. The Morgan fingerprint density at radius 1 is 1.16 bits per heavy atom. The van der Waals surface area contributed by atoms with Crippen LogP contribution in [0.1, 0.15) is 16.8 Å². The molecule has 0 aromatic heterocycles. The van der Waals surface area contributed by atoms with E-state index in [9.17, 15) is 18.4 Å². The Labute approximate surface area is 188 Å². The van der Waals surface area contributed by atoms with Crippen molar-refractivity contribution >= 4 is 29.2 Å². The van der Waals surface area contributed by atoms with Gasteiger partial charge in [0.1, 0.15) is 17.4 Å². The molecule has 1 amide bonds.